The summed E-state index contributed by atoms with van der Waals surface area (Å²) in [7, 11) is 0. The zero-order valence-corrected chi connectivity index (χ0v) is 9.65. The molecule has 0 atom stereocenters. The minimum Gasteiger partial charge on any atom is -0.491 e. The Morgan fingerprint density at radius 2 is 1.94 bits per heavy atom. The molecule has 0 N–H and O–H groups in total. The van der Waals surface area contributed by atoms with Crippen LogP contribution in [0.5, 0.6) is 5.75 Å². The van der Waals surface area contributed by atoms with E-state index in [-0.39, 0.29) is 12.4 Å². The van der Waals surface area contributed by atoms with Crippen molar-refractivity contribution in [2.24, 2.45) is 0 Å². The van der Waals surface area contributed by atoms with Gasteiger partial charge in [-0.25, -0.2) is 0 Å². The van der Waals surface area contributed by atoms with Crippen molar-refractivity contribution in [3.05, 3.63) is 30.3 Å². The molecule has 0 heterocycles. The molecule has 0 spiro atoms. The molecule has 0 saturated carbocycles. The summed E-state index contributed by atoms with van der Waals surface area (Å²) in [5.74, 6) is 0.980. The van der Waals surface area contributed by atoms with Crippen molar-refractivity contribution in [3.8, 4) is 5.75 Å². The van der Waals surface area contributed by atoms with Gasteiger partial charge >= 0.3 is 0 Å². The molecule has 0 unspecified atom stereocenters. The minimum absolute atomic E-state index is 0.155. The quantitative estimate of drug-likeness (QED) is 0.634. The van der Waals surface area contributed by atoms with E-state index in [2.05, 4.69) is 0 Å². The summed E-state index contributed by atoms with van der Waals surface area (Å²) < 4.78 is 10.6. The van der Waals surface area contributed by atoms with Crippen molar-refractivity contribution in [2.75, 3.05) is 19.8 Å². The van der Waals surface area contributed by atoms with E-state index in [1.165, 1.54) is 0 Å². The van der Waals surface area contributed by atoms with Crippen molar-refractivity contribution in [2.45, 2.75) is 19.8 Å². The van der Waals surface area contributed by atoms with Crippen LogP contribution in [0.1, 0.15) is 19.8 Å². The van der Waals surface area contributed by atoms with E-state index >= 15 is 0 Å². The summed E-state index contributed by atoms with van der Waals surface area (Å²) in [6.45, 7) is 3.11. The number of rotatable bonds is 8. The minimum atomic E-state index is 0.155. The molecule has 0 aliphatic rings. The maximum Gasteiger partial charge on any atom is 0.158 e. The van der Waals surface area contributed by atoms with Crippen LogP contribution in [-0.2, 0) is 9.53 Å². The summed E-state index contributed by atoms with van der Waals surface area (Å²) >= 11 is 0. The highest BCUT2D eigenvalue weighted by atomic mass is 16.5. The molecule has 0 aliphatic carbocycles. The molecule has 0 amide bonds. The highest BCUT2D eigenvalue weighted by Gasteiger charge is 1.99. The SMILES string of the molecule is CCCC(=O)COCCOc1ccccc1. The second-order valence-electron chi connectivity index (χ2n) is 3.50. The van der Waals surface area contributed by atoms with Gasteiger partial charge in [-0.05, 0) is 18.6 Å². The smallest absolute Gasteiger partial charge is 0.158 e. The first-order chi connectivity index (χ1) is 7.83. The zero-order valence-electron chi connectivity index (χ0n) is 9.65. The van der Waals surface area contributed by atoms with E-state index in [1.54, 1.807) is 0 Å². The maximum absolute atomic E-state index is 11.1. The third kappa shape index (κ3) is 5.51. The van der Waals surface area contributed by atoms with Crippen LogP contribution in [0.4, 0.5) is 0 Å². The van der Waals surface area contributed by atoms with Gasteiger partial charge in [-0.15, -0.1) is 0 Å². The molecule has 1 rings (SSSR count). The molecule has 0 aromatic heterocycles. The molecule has 1 aromatic carbocycles. The zero-order chi connectivity index (χ0) is 11.6. The molecule has 16 heavy (non-hydrogen) atoms. The van der Waals surface area contributed by atoms with E-state index in [0.29, 0.717) is 19.6 Å². The Morgan fingerprint density at radius 3 is 2.62 bits per heavy atom. The second kappa shape index (κ2) is 7.88. The van der Waals surface area contributed by atoms with E-state index < -0.39 is 0 Å². The van der Waals surface area contributed by atoms with Crippen molar-refractivity contribution >= 4 is 5.78 Å². The van der Waals surface area contributed by atoms with Crippen molar-refractivity contribution < 1.29 is 14.3 Å². The number of carbonyl (C=O) groups is 1. The molecule has 0 aliphatic heterocycles. The van der Waals surface area contributed by atoms with Crippen molar-refractivity contribution in [3.63, 3.8) is 0 Å². The molecule has 0 bridgehead atoms. The summed E-state index contributed by atoms with van der Waals surface area (Å²) in [5, 5.41) is 0. The van der Waals surface area contributed by atoms with Gasteiger partial charge in [0.1, 0.15) is 19.0 Å². The number of hydrogen-bond donors (Lipinski definition) is 0. The van der Waals surface area contributed by atoms with Gasteiger partial charge in [0, 0.05) is 6.42 Å². The fraction of sp³-hybridized carbons (Fsp3) is 0.462. The lowest BCUT2D eigenvalue weighted by Gasteiger charge is -2.06. The molecule has 88 valence electrons. The first-order valence-corrected chi connectivity index (χ1v) is 5.60. The van der Waals surface area contributed by atoms with Crippen LogP contribution >= 0.6 is 0 Å². The Labute approximate surface area is 96.4 Å². The Hall–Kier alpha value is -1.35. The van der Waals surface area contributed by atoms with Crippen molar-refractivity contribution in [1.82, 2.24) is 0 Å². The third-order valence-corrected chi connectivity index (χ3v) is 2.03. The Morgan fingerprint density at radius 1 is 1.19 bits per heavy atom. The van der Waals surface area contributed by atoms with Crippen LogP contribution in [-0.4, -0.2) is 25.6 Å². The number of carbonyl (C=O) groups excluding carboxylic acids is 1. The van der Waals surface area contributed by atoms with Gasteiger partial charge in [-0.1, -0.05) is 25.1 Å². The van der Waals surface area contributed by atoms with Crippen LogP contribution < -0.4 is 4.74 Å². The number of para-hydroxylation sites is 1. The monoisotopic (exact) mass is 222 g/mol. The van der Waals surface area contributed by atoms with E-state index in [4.69, 9.17) is 9.47 Å². The molecule has 0 fully saturated rings. The number of benzene rings is 1. The molecule has 3 heteroatoms. The van der Waals surface area contributed by atoms with Crippen LogP contribution in [0.15, 0.2) is 30.3 Å². The highest BCUT2D eigenvalue weighted by Crippen LogP contribution is 2.07. The fourth-order valence-corrected chi connectivity index (χ4v) is 1.27. The predicted octanol–water partition coefficient (Wildman–Crippen LogP) is 2.45. The van der Waals surface area contributed by atoms with Crippen LogP contribution in [0.2, 0.25) is 0 Å². The Kier molecular flexibility index (Phi) is 6.26. The third-order valence-electron chi connectivity index (χ3n) is 2.03. The summed E-state index contributed by atoms with van der Waals surface area (Å²) in [6, 6.07) is 9.55. The molecule has 1 aromatic rings. The lowest BCUT2D eigenvalue weighted by Crippen LogP contribution is -2.13. The standard InChI is InChI=1S/C13H18O3/c1-2-6-12(14)11-15-9-10-16-13-7-4-3-5-8-13/h3-5,7-8H,2,6,9-11H2,1H3. The summed E-state index contributed by atoms with van der Waals surface area (Å²) in [5.41, 5.74) is 0. The van der Waals surface area contributed by atoms with Crippen molar-refractivity contribution in [1.29, 1.82) is 0 Å². The molecular weight excluding hydrogens is 204 g/mol. The topological polar surface area (TPSA) is 35.5 Å². The maximum atomic E-state index is 11.1. The first kappa shape index (κ1) is 12.7. The van der Waals surface area contributed by atoms with E-state index in [9.17, 15) is 4.79 Å². The van der Waals surface area contributed by atoms with Crippen LogP contribution in [0.3, 0.4) is 0 Å². The normalized spacial score (nSPS) is 10.1. The van der Waals surface area contributed by atoms with Crippen LogP contribution in [0, 0.1) is 0 Å². The molecular formula is C13H18O3. The number of ether oxygens (including phenoxy) is 2. The van der Waals surface area contributed by atoms with Gasteiger partial charge in [0.2, 0.25) is 0 Å². The first-order valence-electron chi connectivity index (χ1n) is 5.60. The fourth-order valence-electron chi connectivity index (χ4n) is 1.27. The number of ketones is 1. The molecule has 3 nitrogen and oxygen atoms in total. The van der Waals surface area contributed by atoms with Gasteiger partial charge in [-0.3, -0.25) is 4.79 Å². The van der Waals surface area contributed by atoms with Crippen LogP contribution in [0.25, 0.3) is 0 Å². The molecule has 0 radical (unpaired) electrons. The van der Waals surface area contributed by atoms with Gasteiger partial charge < -0.3 is 9.47 Å². The lowest BCUT2D eigenvalue weighted by atomic mass is 10.2. The summed E-state index contributed by atoms with van der Waals surface area (Å²) in [4.78, 5) is 11.1. The largest absolute Gasteiger partial charge is 0.491 e. The van der Waals surface area contributed by atoms with Gasteiger partial charge in [0.05, 0.1) is 6.61 Å². The van der Waals surface area contributed by atoms with Gasteiger partial charge in [-0.2, -0.15) is 0 Å². The van der Waals surface area contributed by atoms with Gasteiger partial charge in [0.25, 0.3) is 0 Å². The van der Waals surface area contributed by atoms with E-state index in [0.717, 1.165) is 12.2 Å². The second-order valence-corrected chi connectivity index (χ2v) is 3.50. The van der Waals surface area contributed by atoms with Gasteiger partial charge in [0.15, 0.2) is 5.78 Å². The number of hydrogen-bond acceptors (Lipinski definition) is 3. The lowest BCUT2D eigenvalue weighted by molar-refractivity contribution is -0.123. The number of Topliss-reactive ketones (excluding diaryl/α,β-unsaturated/α-hetero) is 1. The highest BCUT2D eigenvalue weighted by molar-refractivity contribution is 5.79. The Balaban J connectivity index is 2.02. The van der Waals surface area contributed by atoms with E-state index in [1.807, 2.05) is 37.3 Å². The Bertz CT molecular complexity index is 295. The summed E-state index contributed by atoms with van der Waals surface area (Å²) in [6.07, 6.45) is 1.47. The average molecular weight is 222 g/mol. The molecule has 0 saturated heterocycles. The predicted molar refractivity (Wildman–Crippen MR) is 62.7 cm³/mol. The average Bonchev–Trinajstić information content (AvgIpc) is 2.30.